The second kappa shape index (κ2) is 14.7. The third-order valence-corrected chi connectivity index (χ3v) is 8.73. The number of aromatic nitrogens is 3. The highest BCUT2D eigenvalue weighted by Gasteiger charge is 2.35. The van der Waals surface area contributed by atoms with Gasteiger partial charge < -0.3 is 20.1 Å². The van der Waals surface area contributed by atoms with Gasteiger partial charge in [-0.05, 0) is 49.6 Å². The molecule has 2 aliphatic heterocycles. The monoisotopic (exact) mass is 623 g/mol. The first-order chi connectivity index (χ1) is 22.5. The van der Waals surface area contributed by atoms with Gasteiger partial charge in [-0.3, -0.25) is 20.0 Å². The van der Waals surface area contributed by atoms with E-state index in [1.54, 1.807) is 24.1 Å². The molecule has 2 aliphatic rings. The van der Waals surface area contributed by atoms with Gasteiger partial charge in [-0.15, -0.1) is 0 Å². The number of rotatable bonds is 10. The van der Waals surface area contributed by atoms with Crippen LogP contribution in [0.2, 0.25) is 0 Å². The van der Waals surface area contributed by atoms with E-state index in [9.17, 15) is 9.59 Å². The first kappa shape index (κ1) is 31.4. The van der Waals surface area contributed by atoms with E-state index in [4.69, 9.17) is 14.6 Å². The Morgan fingerprint density at radius 3 is 2.46 bits per heavy atom. The molecule has 0 bridgehead atoms. The molecule has 240 valence electrons. The van der Waals surface area contributed by atoms with Crippen molar-refractivity contribution in [2.45, 2.75) is 37.8 Å². The van der Waals surface area contributed by atoms with Crippen LogP contribution in [0.1, 0.15) is 40.4 Å². The van der Waals surface area contributed by atoms with Gasteiger partial charge in [-0.1, -0.05) is 48.5 Å². The number of ether oxygens (including phenoxy) is 2. The molecular weight excluding hydrogens is 582 g/mol. The van der Waals surface area contributed by atoms with Crippen molar-refractivity contribution in [3.8, 4) is 16.9 Å². The van der Waals surface area contributed by atoms with E-state index in [2.05, 4.69) is 38.0 Å². The van der Waals surface area contributed by atoms with Crippen LogP contribution in [0.25, 0.3) is 16.9 Å². The largest absolute Gasteiger partial charge is 0.383 e. The zero-order valence-electron chi connectivity index (χ0n) is 26.3. The second-order valence-electron chi connectivity index (χ2n) is 11.8. The average molecular weight is 624 g/mol. The molecule has 2 fully saturated rings. The minimum atomic E-state index is -0.308. The first-order valence-electron chi connectivity index (χ1n) is 15.8. The Hall–Kier alpha value is -4.58. The fraction of sp³-hybridized carbons (Fsp3) is 0.371. The van der Waals surface area contributed by atoms with E-state index in [0.717, 1.165) is 42.7 Å². The Bertz CT molecular complexity index is 1620. The molecule has 4 aromatic rings. The highest BCUT2D eigenvalue weighted by Crippen LogP contribution is 2.32. The lowest BCUT2D eigenvalue weighted by Crippen LogP contribution is -2.42. The number of nitrogens with one attached hydrogen (secondary N) is 3. The summed E-state index contributed by atoms with van der Waals surface area (Å²) in [6.07, 6.45) is 3.18. The van der Waals surface area contributed by atoms with Crippen LogP contribution in [-0.2, 0) is 9.47 Å². The van der Waals surface area contributed by atoms with Crippen LogP contribution in [0.15, 0.2) is 79.0 Å². The summed E-state index contributed by atoms with van der Waals surface area (Å²) in [5.74, 6) is 0.465. The number of carbonyl (C=O) groups excluding carboxylic acids is 2. The maximum absolute atomic E-state index is 13.7. The van der Waals surface area contributed by atoms with E-state index >= 15 is 0 Å². The minimum Gasteiger partial charge on any atom is -0.383 e. The molecule has 4 heterocycles. The summed E-state index contributed by atoms with van der Waals surface area (Å²) in [4.78, 5) is 33.4. The average Bonchev–Trinajstić information content (AvgIpc) is 3.65. The summed E-state index contributed by atoms with van der Waals surface area (Å²) in [5.41, 5.74) is 4.46. The van der Waals surface area contributed by atoms with Crippen LogP contribution in [0.4, 0.5) is 10.6 Å². The molecule has 0 saturated carbocycles. The van der Waals surface area contributed by atoms with E-state index in [-0.39, 0.29) is 29.9 Å². The molecule has 11 heteroatoms. The zero-order valence-corrected chi connectivity index (χ0v) is 26.3. The van der Waals surface area contributed by atoms with E-state index in [1.807, 2.05) is 61.5 Å². The predicted octanol–water partition coefficient (Wildman–Crippen LogP) is 4.39. The van der Waals surface area contributed by atoms with Crippen molar-refractivity contribution < 1.29 is 19.1 Å². The van der Waals surface area contributed by atoms with Crippen molar-refractivity contribution in [1.82, 2.24) is 30.3 Å². The maximum atomic E-state index is 13.7. The van der Waals surface area contributed by atoms with E-state index in [1.165, 1.54) is 5.56 Å². The summed E-state index contributed by atoms with van der Waals surface area (Å²) in [7, 11) is 1.70. The Labute approximate surface area is 269 Å². The summed E-state index contributed by atoms with van der Waals surface area (Å²) < 4.78 is 12.5. The minimum absolute atomic E-state index is 0.0634. The fourth-order valence-electron chi connectivity index (χ4n) is 6.26. The van der Waals surface area contributed by atoms with Gasteiger partial charge in [0.1, 0.15) is 11.5 Å². The normalized spacial score (nSPS) is 18.7. The van der Waals surface area contributed by atoms with Crippen LogP contribution in [0.5, 0.6) is 0 Å². The number of methoxy groups -OCH3 is 1. The van der Waals surface area contributed by atoms with Gasteiger partial charge in [0.05, 0.1) is 24.0 Å². The molecule has 3 N–H and O–H groups in total. The Balaban J connectivity index is 1.25. The number of amides is 3. The lowest BCUT2D eigenvalue weighted by Gasteiger charge is -2.22. The Kier molecular flexibility index (Phi) is 10.0. The van der Waals surface area contributed by atoms with Gasteiger partial charge in [0.15, 0.2) is 0 Å². The predicted molar refractivity (Wildman–Crippen MR) is 176 cm³/mol. The van der Waals surface area contributed by atoms with Crippen LogP contribution in [-0.4, -0.2) is 90.3 Å². The van der Waals surface area contributed by atoms with E-state index < -0.39 is 0 Å². The van der Waals surface area contributed by atoms with Crippen LogP contribution in [0, 0.1) is 6.92 Å². The number of carbonyl (C=O) groups is 2. The number of hydrogen-bond donors (Lipinski definition) is 3. The van der Waals surface area contributed by atoms with Gasteiger partial charge in [-0.2, -0.15) is 5.10 Å². The van der Waals surface area contributed by atoms with Gasteiger partial charge in [0, 0.05) is 69.2 Å². The third-order valence-electron chi connectivity index (χ3n) is 8.73. The summed E-state index contributed by atoms with van der Waals surface area (Å²) in [5, 5.41) is 14.4. The van der Waals surface area contributed by atoms with Crippen molar-refractivity contribution in [3.05, 3.63) is 95.8 Å². The molecule has 2 aromatic heterocycles. The quantitative estimate of drug-likeness (QED) is 0.240. The number of urea groups is 1. The highest BCUT2D eigenvalue weighted by molar-refractivity contribution is 5.94. The van der Waals surface area contributed by atoms with Gasteiger partial charge in [0.2, 0.25) is 0 Å². The molecule has 0 unspecified atom stereocenters. The number of hydrogen-bond acceptors (Lipinski definition) is 7. The third kappa shape index (κ3) is 7.28. The number of para-hydroxylation sites is 1. The molecule has 46 heavy (non-hydrogen) atoms. The van der Waals surface area contributed by atoms with Crippen molar-refractivity contribution >= 4 is 17.8 Å². The molecule has 2 atom stereocenters. The number of pyridine rings is 1. The smallest absolute Gasteiger partial charge is 0.320 e. The Morgan fingerprint density at radius 1 is 0.978 bits per heavy atom. The zero-order chi connectivity index (χ0) is 31.9. The number of anilines is 1. The molecule has 0 spiro atoms. The van der Waals surface area contributed by atoms with Crippen molar-refractivity contribution in [1.29, 1.82) is 0 Å². The van der Waals surface area contributed by atoms with Crippen molar-refractivity contribution in [2.24, 2.45) is 0 Å². The SMILES string of the molecule is COCCN1C[C@@H](NC(=O)Nc2c(C)c(-c3ccnc(C(=O)NC4CCOCC4)c3)nn2-c2ccccc2)[C@H](c2ccccc2)C1. The molecule has 2 aromatic carbocycles. The number of likely N-dealkylation sites (tertiary alicyclic amines) is 1. The van der Waals surface area contributed by atoms with Crippen molar-refractivity contribution in [3.63, 3.8) is 0 Å². The molecule has 6 rings (SSSR count). The second-order valence-corrected chi connectivity index (χ2v) is 11.8. The van der Waals surface area contributed by atoms with Crippen LogP contribution < -0.4 is 16.0 Å². The molecule has 0 radical (unpaired) electrons. The van der Waals surface area contributed by atoms with Crippen LogP contribution in [0.3, 0.4) is 0 Å². The topological polar surface area (TPSA) is 123 Å². The van der Waals surface area contributed by atoms with Crippen LogP contribution >= 0.6 is 0 Å². The number of benzene rings is 2. The molecular formula is C35H41N7O4. The first-order valence-corrected chi connectivity index (χ1v) is 15.8. The number of nitrogens with zero attached hydrogens (tertiary/aromatic N) is 4. The molecule has 3 amide bonds. The summed E-state index contributed by atoms with van der Waals surface area (Å²) >= 11 is 0. The van der Waals surface area contributed by atoms with Crippen molar-refractivity contribution in [2.75, 3.05) is 51.9 Å². The van der Waals surface area contributed by atoms with Gasteiger partial charge in [0.25, 0.3) is 5.91 Å². The standard InChI is InChI=1S/C35H41N7O4/c1-24-32(26-13-16-36-30(21-26)34(43)37-27-14-18-46-19-15-27)40-42(28-11-7-4-8-12-28)33(24)39-35(44)38-31-23-41(17-20-45-2)22-29(31)25-9-5-3-6-10-25/h3-13,16,21,27,29,31H,14-15,17-20,22-23H2,1-2H3,(H,37,43)(H2,38,39,44)/t29-,31+/m0/s1. The lowest BCUT2D eigenvalue weighted by atomic mass is 9.94. The van der Waals surface area contributed by atoms with Gasteiger partial charge in [-0.25, -0.2) is 9.48 Å². The Morgan fingerprint density at radius 2 is 1.72 bits per heavy atom. The van der Waals surface area contributed by atoms with E-state index in [0.29, 0.717) is 43.6 Å². The fourth-order valence-corrected chi connectivity index (χ4v) is 6.26. The summed E-state index contributed by atoms with van der Waals surface area (Å²) in [6.45, 7) is 6.17. The lowest BCUT2D eigenvalue weighted by molar-refractivity contribution is 0.0694. The van der Waals surface area contributed by atoms with Gasteiger partial charge >= 0.3 is 6.03 Å². The highest BCUT2D eigenvalue weighted by atomic mass is 16.5. The maximum Gasteiger partial charge on any atom is 0.320 e. The summed E-state index contributed by atoms with van der Waals surface area (Å²) in [6, 6.07) is 23.2. The molecule has 0 aliphatic carbocycles. The molecule has 2 saturated heterocycles. The molecule has 11 nitrogen and oxygen atoms in total.